The van der Waals surface area contributed by atoms with Crippen molar-refractivity contribution in [2.24, 2.45) is 0 Å². The SMILES string of the molecule is CN(C)c1ncccc1NCc1cnccn1. The molecule has 0 radical (unpaired) electrons. The Morgan fingerprint density at radius 3 is 2.76 bits per heavy atom. The van der Waals surface area contributed by atoms with E-state index >= 15 is 0 Å². The maximum absolute atomic E-state index is 4.32. The predicted octanol–water partition coefficient (Wildman–Crippen LogP) is 1.55. The molecule has 0 spiro atoms. The van der Waals surface area contributed by atoms with Crippen LogP contribution in [0.4, 0.5) is 11.5 Å². The number of pyridine rings is 1. The maximum Gasteiger partial charge on any atom is 0.151 e. The van der Waals surface area contributed by atoms with E-state index in [1.54, 1.807) is 24.8 Å². The van der Waals surface area contributed by atoms with E-state index in [0.717, 1.165) is 17.2 Å². The summed E-state index contributed by atoms with van der Waals surface area (Å²) >= 11 is 0. The molecule has 0 atom stereocenters. The van der Waals surface area contributed by atoms with Crippen molar-refractivity contribution in [1.82, 2.24) is 15.0 Å². The van der Waals surface area contributed by atoms with Crippen LogP contribution in [-0.4, -0.2) is 29.0 Å². The van der Waals surface area contributed by atoms with Crippen molar-refractivity contribution in [2.75, 3.05) is 24.3 Å². The second kappa shape index (κ2) is 5.25. The van der Waals surface area contributed by atoms with Gasteiger partial charge in [-0.25, -0.2) is 4.98 Å². The summed E-state index contributed by atoms with van der Waals surface area (Å²) in [6, 6.07) is 3.91. The largest absolute Gasteiger partial charge is 0.376 e. The smallest absolute Gasteiger partial charge is 0.151 e. The van der Waals surface area contributed by atoms with E-state index in [1.165, 1.54) is 0 Å². The summed E-state index contributed by atoms with van der Waals surface area (Å²) in [7, 11) is 3.94. The summed E-state index contributed by atoms with van der Waals surface area (Å²) in [6.45, 7) is 0.639. The molecule has 0 fully saturated rings. The van der Waals surface area contributed by atoms with Gasteiger partial charge in [-0.1, -0.05) is 0 Å². The van der Waals surface area contributed by atoms with Crippen molar-refractivity contribution in [1.29, 1.82) is 0 Å². The molecule has 0 saturated carbocycles. The lowest BCUT2D eigenvalue weighted by Gasteiger charge is -2.16. The summed E-state index contributed by atoms with van der Waals surface area (Å²) in [6.07, 6.45) is 6.88. The molecule has 0 bridgehead atoms. The molecular weight excluding hydrogens is 214 g/mol. The molecular formula is C12H15N5. The minimum absolute atomic E-state index is 0.639. The van der Waals surface area contributed by atoms with Gasteiger partial charge in [0.15, 0.2) is 5.82 Å². The van der Waals surface area contributed by atoms with Crippen molar-refractivity contribution >= 4 is 11.5 Å². The lowest BCUT2D eigenvalue weighted by atomic mass is 10.3. The monoisotopic (exact) mass is 229 g/mol. The van der Waals surface area contributed by atoms with Crippen LogP contribution in [0.25, 0.3) is 0 Å². The van der Waals surface area contributed by atoms with Crippen molar-refractivity contribution in [3.63, 3.8) is 0 Å². The number of hydrogen-bond donors (Lipinski definition) is 1. The van der Waals surface area contributed by atoms with Gasteiger partial charge in [0.1, 0.15) is 0 Å². The molecule has 0 aliphatic heterocycles. The topological polar surface area (TPSA) is 53.9 Å². The number of nitrogens with one attached hydrogen (secondary N) is 1. The number of hydrogen-bond acceptors (Lipinski definition) is 5. The quantitative estimate of drug-likeness (QED) is 0.862. The molecule has 1 N–H and O–H groups in total. The molecule has 5 nitrogen and oxygen atoms in total. The van der Waals surface area contributed by atoms with Gasteiger partial charge in [-0.2, -0.15) is 0 Å². The Labute approximate surface area is 101 Å². The summed E-state index contributed by atoms with van der Waals surface area (Å²) in [5.41, 5.74) is 1.89. The Kier molecular flexibility index (Phi) is 3.49. The van der Waals surface area contributed by atoms with Gasteiger partial charge < -0.3 is 10.2 Å². The van der Waals surface area contributed by atoms with E-state index < -0.39 is 0 Å². The van der Waals surface area contributed by atoms with E-state index in [2.05, 4.69) is 20.3 Å². The lowest BCUT2D eigenvalue weighted by molar-refractivity contribution is 0.996. The standard InChI is InChI=1S/C12H15N5/c1-17(2)12-11(4-3-5-15-12)16-9-10-8-13-6-7-14-10/h3-8,16H,9H2,1-2H3. The van der Waals surface area contributed by atoms with Crippen LogP contribution in [0.3, 0.4) is 0 Å². The van der Waals surface area contributed by atoms with Gasteiger partial charge in [0.25, 0.3) is 0 Å². The van der Waals surface area contributed by atoms with Crippen molar-refractivity contribution in [2.45, 2.75) is 6.54 Å². The zero-order valence-electron chi connectivity index (χ0n) is 9.96. The van der Waals surface area contributed by atoms with E-state index in [1.807, 2.05) is 31.1 Å². The summed E-state index contributed by atoms with van der Waals surface area (Å²) in [5.74, 6) is 0.913. The summed E-state index contributed by atoms with van der Waals surface area (Å²) in [5, 5.41) is 3.30. The van der Waals surface area contributed by atoms with Crippen LogP contribution in [0.15, 0.2) is 36.9 Å². The van der Waals surface area contributed by atoms with Gasteiger partial charge in [-0.15, -0.1) is 0 Å². The molecule has 0 aromatic carbocycles. The third kappa shape index (κ3) is 2.90. The molecule has 0 aliphatic carbocycles. The minimum Gasteiger partial charge on any atom is -0.376 e. The van der Waals surface area contributed by atoms with Gasteiger partial charge in [0.05, 0.1) is 24.1 Å². The highest BCUT2D eigenvalue weighted by Crippen LogP contribution is 2.20. The van der Waals surface area contributed by atoms with Crippen LogP contribution < -0.4 is 10.2 Å². The Morgan fingerprint density at radius 2 is 2.06 bits per heavy atom. The molecule has 2 aromatic rings. The maximum atomic E-state index is 4.32. The second-order valence-electron chi connectivity index (χ2n) is 3.82. The zero-order chi connectivity index (χ0) is 12.1. The Morgan fingerprint density at radius 1 is 1.18 bits per heavy atom. The molecule has 2 aromatic heterocycles. The number of aromatic nitrogens is 3. The minimum atomic E-state index is 0.639. The summed E-state index contributed by atoms with van der Waals surface area (Å²) < 4.78 is 0. The molecule has 0 saturated heterocycles. The van der Waals surface area contributed by atoms with Gasteiger partial charge >= 0.3 is 0 Å². The predicted molar refractivity (Wildman–Crippen MR) is 67.9 cm³/mol. The second-order valence-corrected chi connectivity index (χ2v) is 3.82. The van der Waals surface area contributed by atoms with E-state index in [9.17, 15) is 0 Å². The first-order valence-corrected chi connectivity index (χ1v) is 5.38. The Balaban J connectivity index is 2.09. The molecule has 2 rings (SSSR count). The average Bonchev–Trinajstić information content (AvgIpc) is 2.38. The van der Waals surface area contributed by atoms with Crippen LogP contribution in [0.2, 0.25) is 0 Å². The Hall–Kier alpha value is -2.17. The van der Waals surface area contributed by atoms with E-state index in [-0.39, 0.29) is 0 Å². The highest BCUT2D eigenvalue weighted by molar-refractivity contribution is 5.64. The average molecular weight is 229 g/mol. The van der Waals surface area contributed by atoms with Crippen LogP contribution in [0.5, 0.6) is 0 Å². The van der Waals surface area contributed by atoms with Crippen LogP contribution in [0.1, 0.15) is 5.69 Å². The first kappa shape index (κ1) is 11.3. The third-order valence-electron chi connectivity index (χ3n) is 2.29. The van der Waals surface area contributed by atoms with Gasteiger partial charge in [0.2, 0.25) is 0 Å². The van der Waals surface area contributed by atoms with Crippen molar-refractivity contribution in [3.05, 3.63) is 42.6 Å². The molecule has 88 valence electrons. The zero-order valence-corrected chi connectivity index (χ0v) is 9.96. The fraction of sp³-hybridized carbons (Fsp3) is 0.250. The third-order valence-corrected chi connectivity index (χ3v) is 2.29. The lowest BCUT2D eigenvalue weighted by Crippen LogP contribution is -2.14. The molecule has 5 heteroatoms. The molecule has 2 heterocycles. The number of rotatable bonds is 4. The Bertz CT molecular complexity index is 469. The van der Waals surface area contributed by atoms with Gasteiger partial charge in [-0.05, 0) is 12.1 Å². The van der Waals surface area contributed by atoms with E-state index in [4.69, 9.17) is 0 Å². The van der Waals surface area contributed by atoms with Gasteiger partial charge in [0, 0.05) is 32.7 Å². The highest BCUT2D eigenvalue weighted by atomic mass is 15.2. The highest BCUT2D eigenvalue weighted by Gasteiger charge is 2.04. The first-order valence-electron chi connectivity index (χ1n) is 5.38. The van der Waals surface area contributed by atoms with Gasteiger partial charge in [-0.3, -0.25) is 9.97 Å². The molecule has 0 aliphatic rings. The molecule has 17 heavy (non-hydrogen) atoms. The molecule has 0 unspecified atom stereocenters. The van der Waals surface area contributed by atoms with Crippen LogP contribution >= 0.6 is 0 Å². The van der Waals surface area contributed by atoms with Crippen LogP contribution in [0, 0.1) is 0 Å². The normalized spacial score (nSPS) is 10.0. The summed E-state index contributed by atoms with van der Waals surface area (Å²) in [4.78, 5) is 14.5. The van der Waals surface area contributed by atoms with Crippen molar-refractivity contribution in [3.8, 4) is 0 Å². The van der Waals surface area contributed by atoms with Crippen LogP contribution in [-0.2, 0) is 6.54 Å². The van der Waals surface area contributed by atoms with E-state index in [0.29, 0.717) is 6.54 Å². The van der Waals surface area contributed by atoms with Crippen molar-refractivity contribution < 1.29 is 0 Å². The fourth-order valence-corrected chi connectivity index (χ4v) is 1.50. The first-order chi connectivity index (χ1) is 8.27. The molecule has 0 amide bonds. The number of nitrogens with zero attached hydrogens (tertiary/aromatic N) is 4. The fourth-order valence-electron chi connectivity index (χ4n) is 1.50. The number of anilines is 2.